The molecule has 0 atom stereocenters. The Morgan fingerprint density at radius 2 is 2.08 bits per heavy atom. The number of hydrogen-bond acceptors (Lipinski definition) is 5. The number of aryl methyl sites for hydroxylation is 2. The monoisotopic (exact) mass is 350 g/mol. The first-order valence-electron chi connectivity index (χ1n) is 7.47. The highest BCUT2D eigenvalue weighted by atomic mass is 35.5. The number of halogens is 1. The van der Waals surface area contributed by atoms with E-state index in [1.807, 2.05) is 19.9 Å². The molecule has 0 aliphatic carbocycles. The summed E-state index contributed by atoms with van der Waals surface area (Å²) in [5, 5.41) is 7.29. The Bertz CT molecular complexity index is 758. The summed E-state index contributed by atoms with van der Waals surface area (Å²) < 4.78 is 6.20. The average Bonchev–Trinajstić information content (AvgIpc) is 2.90. The molecule has 0 unspecified atom stereocenters. The maximum Gasteiger partial charge on any atom is 0.305 e. The van der Waals surface area contributed by atoms with Crippen molar-refractivity contribution in [2.24, 2.45) is 0 Å². The first-order valence-corrected chi connectivity index (χ1v) is 7.85. The summed E-state index contributed by atoms with van der Waals surface area (Å²) in [6.07, 6.45) is 0.719. The number of nitrogens with zero attached hydrogens (tertiary/aromatic N) is 3. The van der Waals surface area contributed by atoms with E-state index in [-0.39, 0.29) is 23.1 Å². The highest BCUT2D eigenvalue weighted by molar-refractivity contribution is 6.33. The predicted molar refractivity (Wildman–Crippen MR) is 89.4 cm³/mol. The Balaban J connectivity index is 2.09. The van der Waals surface area contributed by atoms with Crippen LogP contribution >= 0.6 is 11.6 Å². The molecule has 0 aliphatic heterocycles. The van der Waals surface area contributed by atoms with Gasteiger partial charge in [0.05, 0.1) is 17.8 Å². The Morgan fingerprint density at radius 3 is 2.71 bits per heavy atom. The number of hydrogen-bond donors (Lipinski definition) is 1. The zero-order valence-electron chi connectivity index (χ0n) is 13.8. The SMILES string of the molecule is COC(=O)CCCNC(=O)c1nc(-n2nc(C)cc2C)ccc1Cl. The predicted octanol–water partition coefficient (Wildman–Crippen LogP) is 2.22. The van der Waals surface area contributed by atoms with Gasteiger partial charge in [-0.2, -0.15) is 5.10 Å². The van der Waals surface area contributed by atoms with Gasteiger partial charge in [0.1, 0.15) is 5.69 Å². The zero-order chi connectivity index (χ0) is 17.7. The van der Waals surface area contributed by atoms with Crippen molar-refractivity contribution in [1.29, 1.82) is 0 Å². The number of nitrogens with one attached hydrogen (secondary N) is 1. The molecule has 2 aromatic heterocycles. The molecular formula is C16H19ClN4O3. The van der Waals surface area contributed by atoms with Crippen LogP contribution in [0.3, 0.4) is 0 Å². The summed E-state index contributed by atoms with van der Waals surface area (Å²) in [5.74, 6) is -0.190. The van der Waals surface area contributed by atoms with E-state index in [9.17, 15) is 9.59 Å². The second kappa shape index (κ2) is 7.92. The summed E-state index contributed by atoms with van der Waals surface area (Å²) in [5.41, 5.74) is 1.89. The Labute approximate surface area is 145 Å². The van der Waals surface area contributed by atoms with E-state index < -0.39 is 5.91 Å². The van der Waals surface area contributed by atoms with Gasteiger partial charge < -0.3 is 10.1 Å². The van der Waals surface area contributed by atoms with Gasteiger partial charge in [0.15, 0.2) is 5.82 Å². The number of methoxy groups -OCH3 is 1. The summed E-state index contributed by atoms with van der Waals surface area (Å²) in [7, 11) is 1.33. The zero-order valence-corrected chi connectivity index (χ0v) is 14.6. The van der Waals surface area contributed by atoms with Crippen molar-refractivity contribution in [2.75, 3.05) is 13.7 Å². The van der Waals surface area contributed by atoms with Crippen LogP contribution in [0, 0.1) is 13.8 Å². The fourth-order valence-electron chi connectivity index (χ4n) is 2.19. The number of aromatic nitrogens is 3. The number of carbonyl (C=O) groups excluding carboxylic acids is 2. The molecule has 0 aromatic carbocycles. The molecule has 0 aliphatic rings. The van der Waals surface area contributed by atoms with Crippen LogP contribution in [0.15, 0.2) is 18.2 Å². The van der Waals surface area contributed by atoms with Gasteiger partial charge in [0.2, 0.25) is 0 Å². The van der Waals surface area contributed by atoms with Crippen molar-refractivity contribution in [2.45, 2.75) is 26.7 Å². The number of rotatable bonds is 6. The topological polar surface area (TPSA) is 86.1 Å². The third-order valence-corrected chi connectivity index (χ3v) is 3.65. The van der Waals surface area contributed by atoms with Gasteiger partial charge >= 0.3 is 5.97 Å². The van der Waals surface area contributed by atoms with Gasteiger partial charge in [-0.15, -0.1) is 0 Å². The van der Waals surface area contributed by atoms with Crippen LogP contribution in [0.2, 0.25) is 5.02 Å². The Morgan fingerprint density at radius 1 is 1.33 bits per heavy atom. The van der Waals surface area contributed by atoms with E-state index >= 15 is 0 Å². The van der Waals surface area contributed by atoms with Gasteiger partial charge in [-0.25, -0.2) is 9.67 Å². The molecule has 2 heterocycles. The van der Waals surface area contributed by atoms with Gasteiger partial charge in [-0.3, -0.25) is 9.59 Å². The molecule has 0 saturated carbocycles. The van der Waals surface area contributed by atoms with Crippen molar-refractivity contribution in [3.05, 3.63) is 40.3 Å². The number of pyridine rings is 1. The quantitative estimate of drug-likeness (QED) is 0.637. The second-order valence-electron chi connectivity index (χ2n) is 5.27. The first kappa shape index (κ1) is 17.9. The van der Waals surface area contributed by atoms with Crippen LogP contribution in [-0.4, -0.2) is 40.3 Å². The number of amides is 1. The molecule has 128 valence electrons. The maximum absolute atomic E-state index is 12.2. The Kier molecular flexibility index (Phi) is 5.92. The first-order chi connectivity index (χ1) is 11.4. The molecule has 0 bridgehead atoms. The minimum absolute atomic E-state index is 0.125. The molecule has 1 N–H and O–H groups in total. The summed E-state index contributed by atoms with van der Waals surface area (Å²) in [6, 6.07) is 5.24. The normalized spacial score (nSPS) is 10.5. The summed E-state index contributed by atoms with van der Waals surface area (Å²) in [4.78, 5) is 27.6. The van der Waals surface area contributed by atoms with Crippen LogP contribution in [0.5, 0.6) is 0 Å². The van der Waals surface area contributed by atoms with Crippen LogP contribution in [0.1, 0.15) is 34.7 Å². The average molecular weight is 351 g/mol. The number of carbonyl (C=O) groups is 2. The molecule has 0 spiro atoms. The van der Waals surface area contributed by atoms with Crippen molar-refractivity contribution in [3.8, 4) is 5.82 Å². The van der Waals surface area contributed by atoms with Gasteiger partial charge in [-0.05, 0) is 38.5 Å². The number of esters is 1. The molecule has 2 rings (SSSR count). The lowest BCUT2D eigenvalue weighted by Gasteiger charge is -2.09. The molecule has 0 saturated heterocycles. The molecule has 2 aromatic rings. The highest BCUT2D eigenvalue weighted by Crippen LogP contribution is 2.17. The fraction of sp³-hybridized carbons (Fsp3) is 0.375. The molecule has 24 heavy (non-hydrogen) atoms. The maximum atomic E-state index is 12.2. The standard InChI is InChI=1S/C16H19ClN4O3/c1-10-9-11(2)21(20-10)13-7-6-12(17)15(19-13)16(23)18-8-4-5-14(22)24-3/h6-7,9H,4-5,8H2,1-3H3,(H,18,23). The lowest BCUT2D eigenvalue weighted by Crippen LogP contribution is -2.26. The van der Waals surface area contributed by atoms with Gasteiger partial charge in [0, 0.05) is 18.7 Å². The lowest BCUT2D eigenvalue weighted by molar-refractivity contribution is -0.140. The van der Waals surface area contributed by atoms with E-state index in [2.05, 4.69) is 20.1 Å². The van der Waals surface area contributed by atoms with Crippen LogP contribution in [0.4, 0.5) is 0 Å². The Hall–Kier alpha value is -2.41. The highest BCUT2D eigenvalue weighted by Gasteiger charge is 2.15. The van der Waals surface area contributed by atoms with E-state index in [0.717, 1.165) is 11.4 Å². The molecule has 1 amide bonds. The minimum atomic E-state index is -0.395. The van der Waals surface area contributed by atoms with E-state index in [1.165, 1.54) is 7.11 Å². The largest absolute Gasteiger partial charge is 0.469 e. The van der Waals surface area contributed by atoms with Crippen molar-refractivity contribution >= 4 is 23.5 Å². The lowest BCUT2D eigenvalue weighted by atomic mass is 10.3. The van der Waals surface area contributed by atoms with Crippen molar-refractivity contribution < 1.29 is 14.3 Å². The fourth-order valence-corrected chi connectivity index (χ4v) is 2.38. The molecule has 7 nitrogen and oxygen atoms in total. The molecule has 8 heteroatoms. The van der Waals surface area contributed by atoms with E-state index in [4.69, 9.17) is 11.6 Å². The summed E-state index contributed by atoms with van der Waals surface area (Å²) >= 11 is 6.08. The van der Waals surface area contributed by atoms with Gasteiger partial charge in [-0.1, -0.05) is 11.6 Å². The summed E-state index contributed by atoms with van der Waals surface area (Å²) in [6.45, 7) is 4.12. The van der Waals surface area contributed by atoms with E-state index in [1.54, 1.807) is 16.8 Å². The second-order valence-corrected chi connectivity index (χ2v) is 5.68. The van der Waals surface area contributed by atoms with Crippen LogP contribution in [0.25, 0.3) is 5.82 Å². The molecule has 0 fully saturated rings. The van der Waals surface area contributed by atoms with Gasteiger partial charge in [0.25, 0.3) is 5.91 Å². The van der Waals surface area contributed by atoms with Crippen LogP contribution in [-0.2, 0) is 9.53 Å². The smallest absolute Gasteiger partial charge is 0.305 e. The van der Waals surface area contributed by atoms with Crippen molar-refractivity contribution in [3.63, 3.8) is 0 Å². The third-order valence-electron chi connectivity index (χ3n) is 3.34. The molecule has 0 radical (unpaired) electrons. The van der Waals surface area contributed by atoms with Crippen LogP contribution < -0.4 is 5.32 Å². The molecular weight excluding hydrogens is 332 g/mol. The van der Waals surface area contributed by atoms with Crippen molar-refractivity contribution in [1.82, 2.24) is 20.1 Å². The third kappa shape index (κ3) is 4.32. The van der Waals surface area contributed by atoms with E-state index in [0.29, 0.717) is 18.8 Å². The number of ether oxygens (including phenoxy) is 1. The minimum Gasteiger partial charge on any atom is -0.469 e.